The first-order chi connectivity index (χ1) is 9.20. The van der Waals surface area contributed by atoms with Crippen LogP contribution in [-0.4, -0.2) is 50.7 Å². The normalized spacial score (nSPS) is 33.7. The van der Waals surface area contributed by atoms with Crippen LogP contribution in [-0.2, 0) is 15.6 Å². The van der Waals surface area contributed by atoms with Gasteiger partial charge >= 0.3 is 0 Å². The van der Waals surface area contributed by atoms with Gasteiger partial charge in [-0.2, -0.15) is 0 Å². The molecular weight excluding hydrogens is 272 g/mol. The van der Waals surface area contributed by atoms with Crippen molar-refractivity contribution in [2.24, 2.45) is 5.92 Å². The molecule has 4 nitrogen and oxygen atoms in total. The molecule has 20 heavy (non-hydrogen) atoms. The summed E-state index contributed by atoms with van der Waals surface area (Å²) in [6, 6.07) is 0. The molecule has 2 aliphatic rings. The number of amides is 1. The molecule has 2 unspecified atom stereocenters. The van der Waals surface area contributed by atoms with Crippen LogP contribution in [0.4, 0.5) is 0 Å². The highest BCUT2D eigenvalue weighted by molar-refractivity contribution is 7.86. The van der Waals surface area contributed by atoms with Crippen molar-refractivity contribution in [3.8, 4) is 0 Å². The summed E-state index contributed by atoms with van der Waals surface area (Å²) in [4.78, 5) is 14.3. The zero-order valence-corrected chi connectivity index (χ0v) is 14.0. The van der Waals surface area contributed by atoms with Crippen LogP contribution in [0.3, 0.4) is 0 Å². The van der Waals surface area contributed by atoms with Crippen molar-refractivity contribution < 1.29 is 9.00 Å². The van der Waals surface area contributed by atoms with E-state index in [9.17, 15) is 9.00 Å². The van der Waals surface area contributed by atoms with E-state index < -0.39 is 10.8 Å². The van der Waals surface area contributed by atoms with Gasteiger partial charge in [0.1, 0.15) is 0 Å². The maximum Gasteiger partial charge on any atom is 0.223 e. The van der Waals surface area contributed by atoms with Crippen molar-refractivity contribution in [3.63, 3.8) is 0 Å². The van der Waals surface area contributed by atoms with Gasteiger partial charge in [-0.25, -0.2) is 0 Å². The third kappa shape index (κ3) is 3.82. The molecule has 1 N–H and O–H groups in total. The number of carbonyl (C=O) groups excluding carboxylic acids is 1. The van der Waals surface area contributed by atoms with Crippen molar-refractivity contribution >= 4 is 16.7 Å². The van der Waals surface area contributed by atoms with Crippen LogP contribution >= 0.6 is 0 Å². The van der Waals surface area contributed by atoms with Gasteiger partial charge in [-0.15, -0.1) is 0 Å². The van der Waals surface area contributed by atoms with E-state index in [1.807, 2.05) is 0 Å². The van der Waals surface area contributed by atoms with Crippen LogP contribution in [0.25, 0.3) is 0 Å². The largest absolute Gasteiger partial charge is 0.351 e. The van der Waals surface area contributed by atoms with E-state index in [4.69, 9.17) is 0 Å². The monoisotopic (exact) mass is 300 g/mol. The van der Waals surface area contributed by atoms with Crippen LogP contribution in [0, 0.1) is 5.92 Å². The molecule has 1 amide bonds. The fraction of sp³-hybridized carbons (Fsp3) is 0.933. The molecule has 2 atom stereocenters. The predicted molar refractivity (Wildman–Crippen MR) is 83.1 cm³/mol. The zero-order chi connectivity index (χ0) is 15.0. The molecule has 2 heterocycles. The van der Waals surface area contributed by atoms with Gasteiger partial charge in [0, 0.05) is 39.3 Å². The first-order valence-electron chi connectivity index (χ1n) is 7.62. The molecular formula is C15H28N2O2S. The van der Waals surface area contributed by atoms with Gasteiger partial charge < -0.3 is 10.2 Å². The smallest absolute Gasteiger partial charge is 0.223 e. The molecule has 0 radical (unpaired) electrons. The number of rotatable bonds is 3. The summed E-state index contributed by atoms with van der Waals surface area (Å²) in [6.45, 7) is 11.2. The highest BCUT2D eigenvalue weighted by Gasteiger charge is 2.37. The van der Waals surface area contributed by atoms with E-state index in [0.717, 1.165) is 44.6 Å². The Kier molecular flexibility index (Phi) is 4.59. The number of nitrogens with zero attached hydrogens (tertiary/aromatic N) is 1. The average Bonchev–Trinajstić information content (AvgIpc) is 2.52. The standard InChI is InChI=1S/C15H28N2O2S/c1-14(2)11-12(13(18)16-14)5-7-17-8-6-15(3,4)20(19)10-9-17/h12H,5-11H2,1-4H3,(H,16,18). The highest BCUT2D eigenvalue weighted by atomic mass is 32.2. The Morgan fingerprint density at radius 2 is 2.00 bits per heavy atom. The molecule has 0 bridgehead atoms. The highest BCUT2D eigenvalue weighted by Crippen LogP contribution is 2.28. The maximum atomic E-state index is 12.1. The Morgan fingerprint density at radius 3 is 2.60 bits per heavy atom. The van der Waals surface area contributed by atoms with Crippen LogP contribution in [0.5, 0.6) is 0 Å². The summed E-state index contributed by atoms with van der Waals surface area (Å²) >= 11 is 0. The second kappa shape index (κ2) is 5.76. The minimum absolute atomic E-state index is 0.0516. The summed E-state index contributed by atoms with van der Waals surface area (Å²) in [5, 5.41) is 3.06. The fourth-order valence-electron chi connectivity index (χ4n) is 3.13. The number of hydrogen-bond acceptors (Lipinski definition) is 3. The van der Waals surface area contributed by atoms with Gasteiger partial charge in [0.2, 0.25) is 5.91 Å². The van der Waals surface area contributed by atoms with Gasteiger partial charge in [-0.05, 0) is 60.0 Å². The predicted octanol–water partition coefficient (Wildman–Crippen LogP) is 1.52. The van der Waals surface area contributed by atoms with E-state index in [2.05, 4.69) is 37.9 Å². The van der Waals surface area contributed by atoms with E-state index in [0.29, 0.717) is 0 Å². The zero-order valence-electron chi connectivity index (χ0n) is 13.2. The van der Waals surface area contributed by atoms with Crippen molar-refractivity contribution in [3.05, 3.63) is 0 Å². The van der Waals surface area contributed by atoms with Crippen molar-refractivity contribution in [1.29, 1.82) is 0 Å². The summed E-state index contributed by atoms with van der Waals surface area (Å²) in [7, 11) is -0.735. The molecule has 0 aliphatic carbocycles. The lowest BCUT2D eigenvalue weighted by Crippen LogP contribution is -2.35. The fourth-order valence-corrected chi connectivity index (χ4v) is 4.43. The minimum Gasteiger partial charge on any atom is -0.351 e. The Bertz CT molecular complexity index is 407. The molecule has 0 saturated carbocycles. The van der Waals surface area contributed by atoms with E-state index >= 15 is 0 Å². The molecule has 2 fully saturated rings. The number of hydrogen-bond donors (Lipinski definition) is 1. The van der Waals surface area contributed by atoms with Gasteiger partial charge in [-0.3, -0.25) is 9.00 Å². The van der Waals surface area contributed by atoms with E-state index in [-0.39, 0.29) is 22.1 Å². The van der Waals surface area contributed by atoms with Crippen molar-refractivity contribution in [2.75, 3.05) is 25.4 Å². The molecule has 5 heteroatoms. The molecule has 0 aromatic rings. The van der Waals surface area contributed by atoms with Crippen LogP contribution in [0.2, 0.25) is 0 Å². The van der Waals surface area contributed by atoms with Crippen LogP contribution in [0.1, 0.15) is 47.0 Å². The lowest BCUT2D eigenvalue weighted by Gasteiger charge is -2.23. The summed E-state index contributed by atoms with van der Waals surface area (Å²) in [6.07, 6.45) is 2.82. The molecule has 0 spiro atoms. The van der Waals surface area contributed by atoms with Crippen LogP contribution in [0.15, 0.2) is 0 Å². The topological polar surface area (TPSA) is 49.4 Å². The van der Waals surface area contributed by atoms with Gasteiger partial charge in [0.25, 0.3) is 0 Å². The summed E-state index contributed by atoms with van der Waals surface area (Å²) < 4.78 is 12.0. The number of carbonyl (C=O) groups is 1. The quantitative estimate of drug-likeness (QED) is 0.860. The number of nitrogens with one attached hydrogen (secondary N) is 1. The Balaban J connectivity index is 1.83. The third-order valence-electron chi connectivity index (χ3n) is 4.62. The lowest BCUT2D eigenvalue weighted by molar-refractivity contribution is -0.123. The maximum absolute atomic E-state index is 12.1. The van der Waals surface area contributed by atoms with Gasteiger partial charge in [-0.1, -0.05) is 0 Å². The molecule has 0 aromatic carbocycles. The minimum atomic E-state index is -0.735. The molecule has 2 saturated heterocycles. The lowest BCUT2D eigenvalue weighted by atomic mass is 9.94. The Hall–Kier alpha value is -0.420. The Morgan fingerprint density at radius 1 is 1.30 bits per heavy atom. The SMILES string of the molecule is CC1(C)CC(CCN2CCS(=O)C(C)(C)CC2)C(=O)N1. The average molecular weight is 300 g/mol. The molecule has 0 aromatic heterocycles. The first kappa shape index (κ1) is 16.0. The summed E-state index contributed by atoms with van der Waals surface area (Å²) in [5.41, 5.74) is -0.0516. The second-order valence-corrected chi connectivity index (χ2v) is 9.67. The van der Waals surface area contributed by atoms with Crippen molar-refractivity contribution in [2.45, 2.75) is 57.2 Å². The third-order valence-corrected chi connectivity index (χ3v) is 6.61. The van der Waals surface area contributed by atoms with Gasteiger partial charge in [0.15, 0.2) is 0 Å². The molecule has 2 rings (SSSR count). The Labute approximate surface area is 125 Å². The van der Waals surface area contributed by atoms with Crippen LogP contribution < -0.4 is 5.32 Å². The van der Waals surface area contributed by atoms with Crippen molar-refractivity contribution in [1.82, 2.24) is 10.2 Å². The first-order valence-corrected chi connectivity index (χ1v) is 8.94. The summed E-state index contributed by atoms with van der Waals surface area (Å²) in [5.74, 6) is 1.11. The molecule has 116 valence electrons. The molecule has 2 aliphatic heterocycles. The van der Waals surface area contributed by atoms with E-state index in [1.54, 1.807) is 0 Å². The second-order valence-electron chi connectivity index (χ2n) is 7.46. The van der Waals surface area contributed by atoms with E-state index in [1.165, 1.54) is 0 Å². The van der Waals surface area contributed by atoms with Gasteiger partial charge in [0.05, 0.1) is 0 Å².